The van der Waals surface area contributed by atoms with Gasteiger partial charge in [-0.25, -0.2) is 4.39 Å². The zero-order valence-electron chi connectivity index (χ0n) is 10.3. The molecule has 0 saturated heterocycles. The fraction of sp³-hybridized carbons (Fsp3) is 0.538. The van der Waals surface area contributed by atoms with Crippen molar-refractivity contribution in [3.05, 3.63) is 24.0 Å². The van der Waals surface area contributed by atoms with E-state index in [0.717, 1.165) is 12.8 Å². The summed E-state index contributed by atoms with van der Waals surface area (Å²) in [5.41, 5.74) is 6.04. The zero-order valence-corrected chi connectivity index (χ0v) is 10.3. The molecule has 0 saturated carbocycles. The quantitative estimate of drug-likeness (QED) is 0.753. The van der Waals surface area contributed by atoms with Crippen LogP contribution in [0.25, 0.3) is 0 Å². The maximum atomic E-state index is 13.0. The van der Waals surface area contributed by atoms with Crippen molar-refractivity contribution >= 4 is 5.69 Å². The lowest BCUT2D eigenvalue weighted by Crippen LogP contribution is -2.28. The van der Waals surface area contributed by atoms with Crippen molar-refractivity contribution in [3.8, 4) is 5.75 Å². The molecule has 1 unspecified atom stereocenters. The average Bonchev–Trinajstić information content (AvgIpc) is 2.30. The van der Waals surface area contributed by atoms with Crippen molar-refractivity contribution in [3.63, 3.8) is 0 Å². The Hall–Kier alpha value is -1.29. The van der Waals surface area contributed by atoms with E-state index in [1.165, 1.54) is 18.2 Å². The molecule has 0 aliphatic carbocycles. The predicted molar refractivity (Wildman–Crippen MR) is 66.4 cm³/mol. The van der Waals surface area contributed by atoms with Gasteiger partial charge in [0.15, 0.2) is 0 Å². The summed E-state index contributed by atoms with van der Waals surface area (Å²) in [6, 6.07) is 3.97. The number of benzene rings is 1. The van der Waals surface area contributed by atoms with Crippen LogP contribution in [0.3, 0.4) is 0 Å². The normalized spacial score (nSPS) is 14.4. The Labute approximate surface area is 101 Å². The van der Waals surface area contributed by atoms with Crippen molar-refractivity contribution in [1.82, 2.24) is 0 Å². The van der Waals surface area contributed by atoms with E-state index in [0.29, 0.717) is 12.1 Å². The van der Waals surface area contributed by atoms with E-state index in [1.54, 1.807) is 6.92 Å². The number of halogens is 1. The van der Waals surface area contributed by atoms with Crippen LogP contribution in [0.15, 0.2) is 18.2 Å². The number of hydrogen-bond acceptors (Lipinski definition) is 3. The van der Waals surface area contributed by atoms with E-state index >= 15 is 0 Å². The van der Waals surface area contributed by atoms with Gasteiger partial charge in [-0.15, -0.1) is 0 Å². The maximum absolute atomic E-state index is 13.0. The minimum atomic E-state index is -0.558. The predicted octanol–water partition coefficient (Wildman–Crippen LogP) is 2.73. The standard InChI is InChI=1S/C13H20FNO2/c1-3-4-5-12(16)9(2)17-13-8-10(14)6-7-11(13)15/h6-9,12,16H,3-5,15H2,1-2H3/t9-,12?/m1/s1. The first kappa shape index (κ1) is 13.8. The molecule has 96 valence electrons. The van der Waals surface area contributed by atoms with Gasteiger partial charge in [0.1, 0.15) is 17.7 Å². The largest absolute Gasteiger partial charge is 0.486 e. The van der Waals surface area contributed by atoms with E-state index < -0.39 is 18.0 Å². The molecule has 0 heterocycles. The van der Waals surface area contributed by atoms with Crippen LogP contribution in [0, 0.1) is 5.82 Å². The molecular weight excluding hydrogens is 221 g/mol. The lowest BCUT2D eigenvalue weighted by atomic mass is 10.1. The third kappa shape index (κ3) is 4.23. The van der Waals surface area contributed by atoms with E-state index in [2.05, 4.69) is 6.92 Å². The third-order valence-corrected chi connectivity index (χ3v) is 2.68. The molecule has 0 amide bonds. The van der Waals surface area contributed by atoms with Crippen molar-refractivity contribution in [1.29, 1.82) is 0 Å². The number of ether oxygens (including phenoxy) is 1. The first-order valence-electron chi connectivity index (χ1n) is 5.94. The average molecular weight is 241 g/mol. The first-order chi connectivity index (χ1) is 8.04. The van der Waals surface area contributed by atoms with E-state index in [4.69, 9.17) is 10.5 Å². The highest BCUT2D eigenvalue weighted by Crippen LogP contribution is 2.24. The molecule has 4 heteroatoms. The fourth-order valence-electron chi connectivity index (χ4n) is 1.54. The molecule has 17 heavy (non-hydrogen) atoms. The molecule has 3 nitrogen and oxygen atoms in total. The third-order valence-electron chi connectivity index (χ3n) is 2.68. The second kappa shape index (κ2) is 6.45. The number of rotatable bonds is 6. The van der Waals surface area contributed by atoms with Crippen LogP contribution in [0.4, 0.5) is 10.1 Å². The summed E-state index contributed by atoms with van der Waals surface area (Å²) in [5.74, 6) is -0.113. The zero-order chi connectivity index (χ0) is 12.8. The number of anilines is 1. The molecule has 0 radical (unpaired) electrons. The van der Waals surface area contributed by atoms with Crippen molar-refractivity contribution in [2.45, 2.75) is 45.3 Å². The number of nitrogens with two attached hydrogens (primary N) is 1. The lowest BCUT2D eigenvalue weighted by Gasteiger charge is -2.21. The van der Waals surface area contributed by atoms with E-state index in [-0.39, 0.29) is 5.75 Å². The molecule has 0 aromatic heterocycles. The summed E-state index contributed by atoms with van der Waals surface area (Å²) in [6.45, 7) is 3.81. The number of nitrogen functional groups attached to an aromatic ring is 1. The van der Waals surface area contributed by atoms with Crippen LogP contribution in [0.5, 0.6) is 5.75 Å². The highest BCUT2D eigenvalue weighted by molar-refractivity contribution is 5.52. The van der Waals surface area contributed by atoms with Gasteiger partial charge in [0.05, 0.1) is 11.8 Å². The Morgan fingerprint density at radius 1 is 1.47 bits per heavy atom. The Morgan fingerprint density at radius 2 is 2.18 bits per heavy atom. The molecule has 0 spiro atoms. The summed E-state index contributed by atoms with van der Waals surface area (Å²) in [5, 5.41) is 9.81. The monoisotopic (exact) mass is 241 g/mol. The number of aliphatic hydroxyl groups is 1. The minimum absolute atomic E-state index is 0.285. The molecule has 0 fully saturated rings. The van der Waals surface area contributed by atoms with Gasteiger partial charge >= 0.3 is 0 Å². The van der Waals surface area contributed by atoms with Gasteiger partial charge < -0.3 is 15.6 Å². The van der Waals surface area contributed by atoms with Crippen molar-refractivity contribution in [2.75, 3.05) is 5.73 Å². The van der Waals surface area contributed by atoms with Gasteiger partial charge in [0.2, 0.25) is 0 Å². The Morgan fingerprint density at radius 3 is 2.82 bits per heavy atom. The second-order valence-corrected chi connectivity index (χ2v) is 4.21. The summed E-state index contributed by atoms with van der Waals surface area (Å²) in [6.07, 6.45) is 1.68. The number of hydrogen-bond donors (Lipinski definition) is 2. The summed E-state index contributed by atoms with van der Waals surface area (Å²) >= 11 is 0. The topological polar surface area (TPSA) is 55.5 Å². The molecule has 0 aliphatic rings. The number of unbranched alkanes of at least 4 members (excludes halogenated alkanes) is 1. The molecule has 3 N–H and O–H groups in total. The Bertz CT molecular complexity index is 357. The molecule has 0 bridgehead atoms. The SMILES string of the molecule is CCCCC(O)[C@@H](C)Oc1cc(F)ccc1N. The molecular formula is C13H20FNO2. The smallest absolute Gasteiger partial charge is 0.145 e. The summed E-state index contributed by atoms with van der Waals surface area (Å²) < 4.78 is 18.5. The summed E-state index contributed by atoms with van der Waals surface area (Å²) in [7, 11) is 0. The Kier molecular flexibility index (Phi) is 5.22. The van der Waals surface area contributed by atoms with Gasteiger partial charge in [-0.1, -0.05) is 19.8 Å². The fourth-order valence-corrected chi connectivity index (χ4v) is 1.54. The van der Waals surface area contributed by atoms with Crippen LogP contribution >= 0.6 is 0 Å². The highest BCUT2D eigenvalue weighted by Gasteiger charge is 2.16. The molecule has 1 rings (SSSR count). The van der Waals surface area contributed by atoms with Crippen LogP contribution in [0.2, 0.25) is 0 Å². The van der Waals surface area contributed by atoms with Crippen LogP contribution in [-0.4, -0.2) is 17.3 Å². The van der Waals surface area contributed by atoms with Gasteiger partial charge in [-0.2, -0.15) is 0 Å². The van der Waals surface area contributed by atoms with Gasteiger partial charge in [0.25, 0.3) is 0 Å². The number of aliphatic hydroxyl groups excluding tert-OH is 1. The van der Waals surface area contributed by atoms with Crippen LogP contribution < -0.4 is 10.5 Å². The van der Waals surface area contributed by atoms with Gasteiger partial charge in [-0.05, 0) is 25.5 Å². The second-order valence-electron chi connectivity index (χ2n) is 4.21. The molecule has 2 atom stereocenters. The molecule has 1 aromatic carbocycles. The van der Waals surface area contributed by atoms with Gasteiger partial charge in [-0.3, -0.25) is 0 Å². The molecule has 1 aromatic rings. The van der Waals surface area contributed by atoms with E-state index in [9.17, 15) is 9.50 Å². The van der Waals surface area contributed by atoms with Crippen molar-refractivity contribution in [2.24, 2.45) is 0 Å². The molecule has 0 aliphatic heterocycles. The van der Waals surface area contributed by atoms with Crippen LogP contribution in [-0.2, 0) is 0 Å². The highest BCUT2D eigenvalue weighted by atomic mass is 19.1. The minimum Gasteiger partial charge on any atom is -0.486 e. The summed E-state index contributed by atoms with van der Waals surface area (Å²) in [4.78, 5) is 0. The Balaban J connectivity index is 2.60. The maximum Gasteiger partial charge on any atom is 0.145 e. The van der Waals surface area contributed by atoms with Gasteiger partial charge in [0, 0.05) is 6.07 Å². The first-order valence-corrected chi connectivity index (χ1v) is 5.94. The lowest BCUT2D eigenvalue weighted by molar-refractivity contribution is 0.0406. The van der Waals surface area contributed by atoms with Crippen LogP contribution in [0.1, 0.15) is 33.1 Å². The van der Waals surface area contributed by atoms with E-state index in [1.807, 2.05) is 0 Å². The van der Waals surface area contributed by atoms with Crippen molar-refractivity contribution < 1.29 is 14.2 Å².